The van der Waals surface area contributed by atoms with Crippen molar-refractivity contribution < 1.29 is 14.1 Å². The third-order valence-electron chi connectivity index (χ3n) is 4.11. The van der Waals surface area contributed by atoms with Crippen LogP contribution in [0.3, 0.4) is 0 Å². The Labute approximate surface area is 145 Å². The van der Waals surface area contributed by atoms with Gasteiger partial charge in [-0.15, -0.1) is 0 Å². The molecular formula is C17H20ClN3O3. The number of nitrogens with zero attached hydrogens (tertiary/aromatic N) is 3. The van der Waals surface area contributed by atoms with Gasteiger partial charge in [-0.3, -0.25) is 4.79 Å². The summed E-state index contributed by atoms with van der Waals surface area (Å²) in [5, 5.41) is 4.47. The molecule has 1 amide bonds. The van der Waals surface area contributed by atoms with Crippen molar-refractivity contribution >= 4 is 17.5 Å². The highest BCUT2D eigenvalue weighted by atomic mass is 35.5. The molecule has 1 aliphatic rings. The van der Waals surface area contributed by atoms with Crippen LogP contribution >= 0.6 is 11.6 Å². The molecule has 1 saturated heterocycles. The summed E-state index contributed by atoms with van der Waals surface area (Å²) in [6.45, 7) is 3.49. The number of rotatable bonds is 5. The van der Waals surface area contributed by atoms with Crippen LogP contribution < -0.4 is 0 Å². The standard InChI is InChI=1S/C17H20ClN3O3/c1-12-19-17(24-20-12)13-6-4-8-21(9-13)16(22)11-23-10-14-5-2-3-7-15(14)18/h2-3,5,7,13H,4,6,8-11H2,1H3/t13-/m0/s1. The number of carbonyl (C=O) groups excluding carboxylic acids is 1. The van der Waals surface area contributed by atoms with Crippen molar-refractivity contribution in [3.63, 3.8) is 0 Å². The maximum absolute atomic E-state index is 12.4. The summed E-state index contributed by atoms with van der Waals surface area (Å²) in [5.41, 5.74) is 0.879. The van der Waals surface area contributed by atoms with E-state index in [4.69, 9.17) is 20.9 Å². The average Bonchev–Trinajstić information content (AvgIpc) is 3.03. The van der Waals surface area contributed by atoms with Crippen LogP contribution in [0.15, 0.2) is 28.8 Å². The predicted molar refractivity (Wildman–Crippen MR) is 88.7 cm³/mol. The average molecular weight is 350 g/mol. The molecule has 1 aromatic carbocycles. The van der Waals surface area contributed by atoms with E-state index in [0.29, 0.717) is 29.9 Å². The van der Waals surface area contributed by atoms with Crippen molar-refractivity contribution in [3.05, 3.63) is 46.6 Å². The van der Waals surface area contributed by atoms with E-state index in [1.165, 1.54) is 0 Å². The first-order valence-corrected chi connectivity index (χ1v) is 8.40. The van der Waals surface area contributed by atoms with E-state index < -0.39 is 0 Å². The Kier molecular flexibility index (Phi) is 5.48. The number of aryl methyl sites for hydroxylation is 1. The van der Waals surface area contributed by atoms with Crippen LogP contribution in [0.4, 0.5) is 0 Å². The molecule has 0 bridgehead atoms. The molecule has 0 radical (unpaired) electrons. The van der Waals surface area contributed by atoms with Crippen LogP contribution in [0.5, 0.6) is 0 Å². The van der Waals surface area contributed by atoms with E-state index in [1.807, 2.05) is 24.3 Å². The summed E-state index contributed by atoms with van der Waals surface area (Å²) in [5.74, 6) is 1.31. The monoisotopic (exact) mass is 349 g/mol. The smallest absolute Gasteiger partial charge is 0.248 e. The van der Waals surface area contributed by atoms with E-state index >= 15 is 0 Å². The molecule has 1 aliphatic heterocycles. The van der Waals surface area contributed by atoms with Gasteiger partial charge < -0.3 is 14.2 Å². The summed E-state index contributed by atoms with van der Waals surface area (Å²) in [7, 11) is 0. The molecule has 7 heteroatoms. The lowest BCUT2D eigenvalue weighted by Crippen LogP contribution is -2.41. The van der Waals surface area contributed by atoms with E-state index in [1.54, 1.807) is 11.8 Å². The van der Waals surface area contributed by atoms with Gasteiger partial charge in [-0.25, -0.2) is 0 Å². The van der Waals surface area contributed by atoms with Gasteiger partial charge in [0.05, 0.1) is 12.5 Å². The number of piperidine rings is 1. The number of aromatic nitrogens is 2. The lowest BCUT2D eigenvalue weighted by atomic mass is 9.98. The Morgan fingerprint density at radius 3 is 3.04 bits per heavy atom. The number of halogens is 1. The van der Waals surface area contributed by atoms with Crippen LogP contribution in [0.1, 0.15) is 36.0 Å². The molecule has 24 heavy (non-hydrogen) atoms. The molecule has 0 N–H and O–H groups in total. The van der Waals surface area contributed by atoms with Crippen LogP contribution in [-0.4, -0.2) is 40.6 Å². The first-order chi connectivity index (χ1) is 11.6. The molecule has 1 aromatic heterocycles. The van der Waals surface area contributed by atoms with Gasteiger partial charge in [0.15, 0.2) is 5.82 Å². The zero-order valence-corrected chi connectivity index (χ0v) is 14.3. The molecule has 3 rings (SSSR count). The van der Waals surface area contributed by atoms with Crippen molar-refractivity contribution in [2.24, 2.45) is 0 Å². The van der Waals surface area contributed by atoms with Gasteiger partial charge in [0, 0.05) is 18.1 Å². The fraction of sp³-hybridized carbons (Fsp3) is 0.471. The molecule has 128 valence electrons. The lowest BCUT2D eigenvalue weighted by molar-refractivity contribution is -0.137. The maximum atomic E-state index is 12.4. The number of benzene rings is 1. The summed E-state index contributed by atoms with van der Waals surface area (Å²) in [6, 6.07) is 7.46. The number of ether oxygens (including phenoxy) is 1. The van der Waals surface area contributed by atoms with Gasteiger partial charge in [-0.05, 0) is 31.4 Å². The minimum absolute atomic E-state index is 0.0250. The first-order valence-electron chi connectivity index (χ1n) is 8.02. The highest BCUT2D eigenvalue weighted by Gasteiger charge is 2.28. The summed E-state index contributed by atoms with van der Waals surface area (Å²) < 4.78 is 10.8. The summed E-state index contributed by atoms with van der Waals surface area (Å²) >= 11 is 6.08. The van der Waals surface area contributed by atoms with Crippen LogP contribution in [-0.2, 0) is 16.1 Å². The largest absolute Gasteiger partial charge is 0.367 e. The number of likely N-dealkylation sites (tertiary alicyclic amines) is 1. The van der Waals surface area contributed by atoms with Gasteiger partial charge in [0.25, 0.3) is 0 Å². The fourth-order valence-corrected chi connectivity index (χ4v) is 3.03. The highest BCUT2D eigenvalue weighted by Crippen LogP contribution is 2.25. The molecule has 1 fully saturated rings. The SMILES string of the molecule is Cc1noc([C@H]2CCCN(C(=O)COCc3ccccc3Cl)C2)n1. The lowest BCUT2D eigenvalue weighted by Gasteiger charge is -2.31. The molecule has 0 unspecified atom stereocenters. The fourth-order valence-electron chi connectivity index (χ4n) is 2.84. The van der Waals surface area contributed by atoms with E-state index in [9.17, 15) is 4.79 Å². The molecule has 0 aliphatic carbocycles. The Morgan fingerprint density at radius 2 is 2.29 bits per heavy atom. The van der Waals surface area contributed by atoms with Crippen LogP contribution in [0.2, 0.25) is 5.02 Å². The van der Waals surface area contributed by atoms with Crippen molar-refractivity contribution in [2.75, 3.05) is 19.7 Å². The van der Waals surface area contributed by atoms with Crippen molar-refractivity contribution in [1.29, 1.82) is 0 Å². The van der Waals surface area contributed by atoms with Crippen molar-refractivity contribution in [3.8, 4) is 0 Å². The molecule has 2 aromatic rings. The predicted octanol–water partition coefficient (Wildman–Crippen LogP) is 2.95. The third-order valence-corrected chi connectivity index (χ3v) is 4.48. The van der Waals surface area contributed by atoms with Gasteiger partial charge in [-0.2, -0.15) is 4.98 Å². The van der Waals surface area contributed by atoms with Gasteiger partial charge in [-0.1, -0.05) is 35.0 Å². The van der Waals surface area contributed by atoms with E-state index in [0.717, 1.165) is 24.9 Å². The molecule has 2 heterocycles. The summed E-state index contributed by atoms with van der Waals surface area (Å²) in [6.07, 6.45) is 1.87. The topological polar surface area (TPSA) is 68.5 Å². The van der Waals surface area contributed by atoms with Crippen molar-refractivity contribution in [1.82, 2.24) is 15.0 Å². The second-order valence-electron chi connectivity index (χ2n) is 5.94. The number of hydrogen-bond donors (Lipinski definition) is 0. The molecule has 6 nitrogen and oxygen atoms in total. The number of amides is 1. The molecule has 1 atom stereocenters. The molecular weight excluding hydrogens is 330 g/mol. The molecule has 0 saturated carbocycles. The van der Waals surface area contributed by atoms with Crippen LogP contribution in [0.25, 0.3) is 0 Å². The van der Waals surface area contributed by atoms with Gasteiger partial charge in [0.1, 0.15) is 6.61 Å². The Balaban J connectivity index is 1.50. The normalized spacial score (nSPS) is 17.9. The second-order valence-corrected chi connectivity index (χ2v) is 6.35. The third kappa shape index (κ3) is 4.13. The Bertz CT molecular complexity index is 704. The quantitative estimate of drug-likeness (QED) is 0.830. The van der Waals surface area contributed by atoms with Crippen LogP contribution in [0, 0.1) is 6.92 Å². The second kappa shape index (κ2) is 7.77. The minimum Gasteiger partial charge on any atom is -0.367 e. The van der Waals surface area contributed by atoms with E-state index in [-0.39, 0.29) is 18.4 Å². The van der Waals surface area contributed by atoms with Gasteiger partial charge >= 0.3 is 0 Å². The first kappa shape index (κ1) is 16.9. The number of carbonyl (C=O) groups is 1. The summed E-state index contributed by atoms with van der Waals surface area (Å²) in [4.78, 5) is 18.4. The van der Waals surface area contributed by atoms with Gasteiger partial charge in [0.2, 0.25) is 11.8 Å². The Morgan fingerprint density at radius 1 is 1.46 bits per heavy atom. The van der Waals surface area contributed by atoms with E-state index in [2.05, 4.69) is 10.1 Å². The number of hydrogen-bond acceptors (Lipinski definition) is 5. The van der Waals surface area contributed by atoms with Crippen molar-refractivity contribution in [2.45, 2.75) is 32.3 Å². The zero-order chi connectivity index (χ0) is 16.9. The maximum Gasteiger partial charge on any atom is 0.248 e. The molecule has 0 spiro atoms. The Hall–Kier alpha value is -1.92. The minimum atomic E-state index is -0.0250. The zero-order valence-electron chi connectivity index (χ0n) is 13.6. The highest BCUT2D eigenvalue weighted by molar-refractivity contribution is 6.31.